The molecule has 0 aromatic carbocycles. The van der Waals surface area contributed by atoms with Crippen LogP contribution in [-0.4, -0.2) is 29.3 Å². The van der Waals surface area contributed by atoms with Crippen LogP contribution < -0.4 is 0 Å². The predicted molar refractivity (Wildman–Crippen MR) is 48.1 cm³/mol. The second kappa shape index (κ2) is 3.02. The number of imidazole rings is 1. The maximum absolute atomic E-state index is 11.2. The quantitative estimate of drug-likeness (QED) is 0.748. The van der Waals surface area contributed by atoms with Gasteiger partial charge in [-0.1, -0.05) is 0 Å². The lowest BCUT2D eigenvalue weighted by Crippen LogP contribution is -2.12. The van der Waals surface area contributed by atoms with Crippen molar-refractivity contribution in [2.75, 3.05) is 6.26 Å². The van der Waals surface area contributed by atoms with Crippen LogP contribution in [0.2, 0.25) is 0 Å². The number of hydrogen-bond donors (Lipinski definition) is 1. The highest BCUT2D eigenvalue weighted by molar-refractivity contribution is 7.90. The molecule has 0 bridgehead atoms. The first-order chi connectivity index (χ1) is 5.82. The highest BCUT2D eigenvalue weighted by atomic mass is 32.2. The monoisotopic (exact) mass is 204 g/mol. The van der Waals surface area contributed by atoms with Crippen LogP contribution in [0.1, 0.15) is 18.0 Å². The third-order valence-electron chi connectivity index (χ3n) is 1.91. The van der Waals surface area contributed by atoms with Gasteiger partial charge in [-0.25, -0.2) is 8.42 Å². The molecule has 0 radical (unpaired) electrons. The Hall–Kier alpha value is -1.04. The maximum atomic E-state index is 11.2. The van der Waals surface area contributed by atoms with Gasteiger partial charge in [-0.2, -0.15) is 4.98 Å². The molecule has 0 saturated heterocycles. The molecule has 0 aliphatic rings. The number of aromatic nitrogens is 2. The molecule has 0 fully saturated rings. The smallest absolute Gasteiger partial charge is 0.229 e. The van der Waals surface area contributed by atoms with Crippen molar-refractivity contribution >= 4 is 9.84 Å². The molecule has 0 aliphatic heterocycles. The van der Waals surface area contributed by atoms with Crippen LogP contribution >= 0.6 is 0 Å². The van der Waals surface area contributed by atoms with Crippen LogP contribution in [0.3, 0.4) is 0 Å². The lowest BCUT2D eigenvalue weighted by molar-refractivity contribution is 0.455. The molecule has 1 heterocycles. The van der Waals surface area contributed by atoms with Crippen molar-refractivity contribution in [3.63, 3.8) is 0 Å². The molecule has 0 saturated carbocycles. The van der Waals surface area contributed by atoms with Crippen LogP contribution in [0.25, 0.3) is 0 Å². The van der Waals surface area contributed by atoms with Crippen LogP contribution in [0.5, 0.6) is 5.88 Å². The Morgan fingerprint density at radius 3 is 2.46 bits per heavy atom. The summed E-state index contributed by atoms with van der Waals surface area (Å²) in [6.07, 6.45) is 2.51. The Morgan fingerprint density at radius 1 is 1.62 bits per heavy atom. The zero-order valence-corrected chi connectivity index (χ0v) is 8.54. The molecule has 1 atom stereocenters. The Bertz CT molecular complexity index is 407. The van der Waals surface area contributed by atoms with Crippen molar-refractivity contribution in [3.8, 4) is 5.88 Å². The number of sulfone groups is 1. The highest BCUT2D eigenvalue weighted by Gasteiger charge is 2.22. The van der Waals surface area contributed by atoms with E-state index in [-0.39, 0.29) is 5.88 Å². The largest absolute Gasteiger partial charge is 0.492 e. The Labute approximate surface area is 76.9 Å². The number of aromatic hydroxyl groups is 1. The molecule has 13 heavy (non-hydrogen) atoms. The zero-order valence-electron chi connectivity index (χ0n) is 7.72. The van der Waals surface area contributed by atoms with Gasteiger partial charge in [-0.3, -0.25) is 0 Å². The van der Waals surface area contributed by atoms with E-state index < -0.39 is 15.1 Å². The van der Waals surface area contributed by atoms with Crippen molar-refractivity contribution < 1.29 is 13.5 Å². The van der Waals surface area contributed by atoms with E-state index in [1.807, 2.05) is 0 Å². The van der Waals surface area contributed by atoms with Crippen molar-refractivity contribution in [2.45, 2.75) is 12.2 Å². The average molecular weight is 204 g/mol. The molecule has 1 rings (SSSR count). The Kier molecular flexibility index (Phi) is 2.34. The normalized spacial score (nSPS) is 14.4. The van der Waals surface area contributed by atoms with Crippen LogP contribution in [-0.2, 0) is 16.9 Å². The second-order valence-electron chi connectivity index (χ2n) is 3.04. The van der Waals surface area contributed by atoms with Crippen LogP contribution in [0.15, 0.2) is 6.20 Å². The minimum atomic E-state index is -3.16. The van der Waals surface area contributed by atoms with Gasteiger partial charge < -0.3 is 9.67 Å². The summed E-state index contributed by atoms with van der Waals surface area (Å²) >= 11 is 0. The van der Waals surface area contributed by atoms with E-state index in [0.29, 0.717) is 5.82 Å². The standard InChI is InChI=1S/C7H12N2O3S/c1-5(13(3,11)12)7-8-6(10)4-9(7)2/h4-5,10H,1-3H3. The van der Waals surface area contributed by atoms with Gasteiger partial charge in [0.25, 0.3) is 0 Å². The first kappa shape index (κ1) is 10.0. The molecule has 5 nitrogen and oxygen atoms in total. The fourth-order valence-electron chi connectivity index (χ4n) is 1.03. The summed E-state index contributed by atoms with van der Waals surface area (Å²) in [7, 11) is -1.52. The second-order valence-corrected chi connectivity index (χ2v) is 5.41. The maximum Gasteiger partial charge on any atom is 0.229 e. The molecule has 0 amide bonds. The Morgan fingerprint density at radius 2 is 2.15 bits per heavy atom. The summed E-state index contributed by atoms with van der Waals surface area (Å²) in [4.78, 5) is 3.72. The Balaban J connectivity index is 3.16. The zero-order chi connectivity index (χ0) is 10.2. The molecule has 74 valence electrons. The summed E-state index contributed by atoms with van der Waals surface area (Å²) in [6.45, 7) is 1.54. The van der Waals surface area contributed by atoms with E-state index in [1.54, 1.807) is 7.05 Å². The molecule has 0 spiro atoms. The van der Waals surface area contributed by atoms with E-state index in [1.165, 1.54) is 17.7 Å². The first-order valence-corrected chi connectivity index (χ1v) is 5.69. The molecule has 1 N–H and O–H groups in total. The average Bonchev–Trinajstić information content (AvgIpc) is 2.26. The molecular weight excluding hydrogens is 192 g/mol. The summed E-state index contributed by atoms with van der Waals surface area (Å²) in [5.74, 6) is 0.188. The van der Waals surface area contributed by atoms with Crippen molar-refractivity contribution in [2.24, 2.45) is 7.05 Å². The highest BCUT2D eigenvalue weighted by Crippen LogP contribution is 2.21. The van der Waals surface area contributed by atoms with E-state index >= 15 is 0 Å². The van der Waals surface area contributed by atoms with Crippen LogP contribution in [0.4, 0.5) is 0 Å². The number of rotatable bonds is 2. The molecular formula is C7H12N2O3S. The van der Waals surface area contributed by atoms with E-state index in [2.05, 4.69) is 4.98 Å². The topological polar surface area (TPSA) is 72.2 Å². The van der Waals surface area contributed by atoms with Crippen molar-refractivity contribution in [3.05, 3.63) is 12.0 Å². The fraction of sp³-hybridized carbons (Fsp3) is 0.571. The minimum absolute atomic E-state index is 0.159. The van der Waals surface area contributed by atoms with Gasteiger partial charge in [0.15, 0.2) is 9.84 Å². The van der Waals surface area contributed by atoms with Gasteiger partial charge in [-0.15, -0.1) is 0 Å². The van der Waals surface area contributed by atoms with E-state index in [4.69, 9.17) is 5.11 Å². The molecule has 1 aromatic rings. The number of aryl methyl sites for hydroxylation is 1. The van der Waals surface area contributed by atoms with Gasteiger partial charge in [-0.05, 0) is 6.92 Å². The molecule has 6 heteroatoms. The number of nitrogens with zero attached hydrogens (tertiary/aromatic N) is 2. The third kappa shape index (κ3) is 2.00. The van der Waals surface area contributed by atoms with Gasteiger partial charge in [0.1, 0.15) is 11.1 Å². The fourth-order valence-corrected chi connectivity index (χ4v) is 1.64. The minimum Gasteiger partial charge on any atom is -0.492 e. The molecule has 0 aliphatic carbocycles. The van der Waals surface area contributed by atoms with Crippen molar-refractivity contribution in [1.82, 2.24) is 9.55 Å². The molecule has 1 aromatic heterocycles. The summed E-state index contributed by atoms with van der Waals surface area (Å²) in [5, 5.41) is 8.33. The van der Waals surface area contributed by atoms with Gasteiger partial charge >= 0.3 is 0 Å². The summed E-state index contributed by atoms with van der Waals surface area (Å²) in [6, 6.07) is 0. The summed E-state index contributed by atoms with van der Waals surface area (Å²) < 4.78 is 23.8. The third-order valence-corrected chi connectivity index (χ3v) is 3.40. The lowest BCUT2D eigenvalue weighted by atomic mass is 10.4. The first-order valence-electron chi connectivity index (χ1n) is 3.73. The molecule has 1 unspecified atom stereocenters. The van der Waals surface area contributed by atoms with E-state index in [0.717, 1.165) is 6.26 Å². The van der Waals surface area contributed by atoms with Crippen LogP contribution in [0, 0.1) is 0 Å². The summed E-state index contributed by atoms with van der Waals surface area (Å²) in [5.41, 5.74) is 0. The predicted octanol–water partition coefficient (Wildman–Crippen LogP) is 0.231. The SMILES string of the molecule is CC(c1nc(O)cn1C)S(C)(=O)=O. The lowest BCUT2D eigenvalue weighted by Gasteiger charge is -2.07. The number of hydrogen-bond acceptors (Lipinski definition) is 4. The van der Waals surface area contributed by atoms with Crippen molar-refractivity contribution in [1.29, 1.82) is 0 Å². The van der Waals surface area contributed by atoms with E-state index in [9.17, 15) is 8.42 Å². The van der Waals surface area contributed by atoms with Gasteiger partial charge in [0, 0.05) is 13.3 Å². The van der Waals surface area contributed by atoms with Gasteiger partial charge in [0.2, 0.25) is 5.88 Å². The van der Waals surface area contributed by atoms with Gasteiger partial charge in [0.05, 0.1) is 6.20 Å².